The summed E-state index contributed by atoms with van der Waals surface area (Å²) < 4.78 is 50.2. The van der Waals surface area contributed by atoms with Crippen molar-refractivity contribution >= 4 is 39.3 Å². The van der Waals surface area contributed by atoms with Gasteiger partial charge in [0.1, 0.15) is 24.2 Å². The van der Waals surface area contributed by atoms with Crippen LogP contribution in [0.5, 0.6) is 5.75 Å². The summed E-state index contributed by atoms with van der Waals surface area (Å²) in [6, 6.07) is 26.8. The molecule has 0 saturated heterocycles. The zero-order valence-corrected chi connectivity index (χ0v) is 29.3. The second-order valence-electron chi connectivity index (χ2n) is 11.3. The number of hydrogen-bond donors (Lipinski definition) is 1. The number of hydrogen-bond acceptors (Lipinski definition) is 6. The number of sulfonamides is 1. The molecule has 1 N–H and O–H groups in total. The third kappa shape index (κ3) is 9.38. The van der Waals surface area contributed by atoms with Gasteiger partial charge in [0.2, 0.25) is 11.8 Å². The summed E-state index contributed by atoms with van der Waals surface area (Å²) in [5.74, 6) is -1.08. The van der Waals surface area contributed by atoms with Gasteiger partial charge in [-0.1, -0.05) is 55.5 Å². The van der Waals surface area contributed by atoms with Gasteiger partial charge in [0.25, 0.3) is 10.0 Å². The predicted octanol–water partition coefficient (Wildman–Crippen LogP) is 6.70. The van der Waals surface area contributed by atoms with Crippen LogP contribution < -0.4 is 14.4 Å². The quantitative estimate of drug-likeness (QED) is 0.132. The Bertz CT molecular complexity index is 1750. The van der Waals surface area contributed by atoms with Gasteiger partial charge in [-0.05, 0) is 86.7 Å². The van der Waals surface area contributed by atoms with E-state index in [1.54, 1.807) is 54.6 Å². The number of nitrogens with one attached hydrogen (secondary N) is 1. The highest BCUT2D eigenvalue weighted by Crippen LogP contribution is 2.28. The van der Waals surface area contributed by atoms with Gasteiger partial charge in [0, 0.05) is 29.5 Å². The third-order valence-electron chi connectivity index (χ3n) is 7.93. The van der Waals surface area contributed by atoms with E-state index in [0.29, 0.717) is 18.8 Å². The first-order valence-corrected chi connectivity index (χ1v) is 18.5. The highest BCUT2D eigenvalue weighted by Gasteiger charge is 2.35. The van der Waals surface area contributed by atoms with Crippen LogP contribution in [0.15, 0.2) is 113 Å². The Balaban J connectivity index is 1.82. The molecule has 2 atom stereocenters. The van der Waals surface area contributed by atoms with Crippen LogP contribution in [0.4, 0.5) is 10.1 Å². The normalized spacial score (nSPS) is 12.5. The Morgan fingerprint density at radius 1 is 0.896 bits per heavy atom. The van der Waals surface area contributed by atoms with Crippen molar-refractivity contribution in [3.05, 3.63) is 120 Å². The average molecular weight is 692 g/mol. The van der Waals surface area contributed by atoms with Gasteiger partial charge in [0.15, 0.2) is 0 Å². The van der Waals surface area contributed by atoms with Crippen LogP contribution in [0.25, 0.3) is 0 Å². The minimum absolute atomic E-state index is 0.00186. The lowest BCUT2D eigenvalue weighted by Crippen LogP contribution is -2.54. The first kappa shape index (κ1) is 36.5. The maximum absolute atomic E-state index is 15.1. The molecule has 0 aliphatic carbocycles. The first-order valence-electron chi connectivity index (χ1n) is 15.8. The van der Waals surface area contributed by atoms with Crippen LogP contribution in [0.2, 0.25) is 0 Å². The fraction of sp³-hybridized carbons (Fsp3) is 0.297. The Morgan fingerprint density at radius 3 is 2.15 bits per heavy atom. The summed E-state index contributed by atoms with van der Waals surface area (Å²) in [5, 5.41) is 2.98. The van der Waals surface area contributed by atoms with Crippen LogP contribution >= 0.6 is 11.8 Å². The highest BCUT2D eigenvalue weighted by atomic mass is 32.2. The van der Waals surface area contributed by atoms with E-state index in [4.69, 9.17) is 4.74 Å². The Labute approximate surface area is 287 Å². The number of anilines is 1. The van der Waals surface area contributed by atoms with Crippen molar-refractivity contribution in [3.8, 4) is 5.75 Å². The van der Waals surface area contributed by atoms with E-state index < -0.39 is 40.2 Å². The number of carbonyl (C=O) groups is 2. The van der Waals surface area contributed by atoms with Crippen molar-refractivity contribution < 1.29 is 27.1 Å². The third-order valence-corrected chi connectivity index (χ3v) is 10.5. The van der Waals surface area contributed by atoms with Crippen LogP contribution in [-0.4, -0.2) is 56.6 Å². The summed E-state index contributed by atoms with van der Waals surface area (Å²) in [5.41, 5.74) is 1.22. The Kier molecular flexibility index (Phi) is 13.0. The van der Waals surface area contributed by atoms with Crippen molar-refractivity contribution in [2.24, 2.45) is 0 Å². The van der Waals surface area contributed by atoms with E-state index in [-0.39, 0.29) is 35.2 Å². The van der Waals surface area contributed by atoms with Gasteiger partial charge in [0.05, 0.1) is 17.2 Å². The lowest BCUT2D eigenvalue weighted by molar-refractivity contribution is -0.140. The fourth-order valence-electron chi connectivity index (χ4n) is 5.08. The standard InChI is InChI=1S/C37H42FN3O5S2/c1-5-27(3)39-37(43)35(24-28-12-8-7-9-13-28)40(25-29-14-10-11-15-34(29)38)36(42)26-41(30-16-18-31(19-17-30)46-6-2)48(44,45)33-22-20-32(47-4)21-23-33/h7-23,27,35H,5-6,24-26H2,1-4H3,(H,39,43). The average Bonchev–Trinajstić information content (AvgIpc) is 3.10. The molecule has 8 nitrogen and oxygen atoms in total. The number of benzene rings is 4. The van der Waals surface area contributed by atoms with Gasteiger partial charge in [-0.3, -0.25) is 13.9 Å². The zero-order valence-electron chi connectivity index (χ0n) is 27.6. The molecule has 4 aromatic carbocycles. The largest absolute Gasteiger partial charge is 0.494 e. The molecule has 0 saturated carbocycles. The molecule has 11 heteroatoms. The maximum Gasteiger partial charge on any atom is 0.264 e. The number of carbonyl (C=O) groups excluding carboxylic acids is 2. The molecule has 0 heterocycles. The van der Waals surface area contributed by atoms with Gasteiger partial charge in [-0.15, -0.1) is 11.8 Å². The second-order valence-corrected chi connectivity index (χ2v) is 14.0. The molecule has 0 fully saturated rings. The molecule has 48 heavy (non-hydrogen) atoms. The summed E-state index contributed by atoms with van der Waals surface area (Å²) in [6.45, 7) is 5.17. The maximum atomic E-state index is 15.1. The van der Waals surface area contributed by atoms with Crippen LogP contribution in [0.1, 0.15) is 38.3 Å². The fourth-order valence-corrected chi connectivity index (χ4v) is 6.91. The lowest BCUT2D eigenvalue weighted by atomic mass is 10.0. The lowest BCUT2D eigenvalue weighted by Gasteiger charge is -2.34. The van der Waals surface area contributed by atoms with E-state index >= 15 is 4.39 Å². The molecule has 0 spiro atoms. The molecule has 0 bridgehead atoms. The van der Waals surface area contributed by atoms with Gasteiger partial charge < -0.3 is 15.0 Å². The van der Waals surface area contributed by atoms with Crippen molar-refractivity contribution in [2.45, 2.75) is 62.0 Å². The van der Waals surface area contributed by atoms with Crippen LogP contribution in [0.3, 0.4) is 0 Å². The molecular weight excluding hydrogens is 650 g/mol. The predicted molar refractivity (Wildman–Crippen MR) is 189 cm³/mol. The summed E-state index contributed by atoms with van der Waals surface area (Å²) >= 11 is 1.48. The molecule has 0 aromatic heterocycles. The number of ether oxygens (including phenoxy) is 1. The molecule has 0 radical (unpaired) electrons. The van der Waals surface area contributed by atoms with E-state index in [1.807, 2.05) is 57.4 Å². The number of halogens is 1. The smallest absolute Gasteiger partial charge is 0.264 e. The number of rotatable bonds is 16. The number of thioether (sulfide) groups is 1. The highest BCUT2D eigenvalue weighted by molar-refractivity contribution is 7.98. The monoisotopic (exact) mass is 691 g/mol. The molecule has 4 aromatic rings. The number of amides is 2. The zero-order chi connectivity index (χ0) is 34.7. The second kappa shape index (κ2) is 17.2. The van der Waals surface area contributed by atoms with Gasteiger partial charge in [-0.2, -0.15) is 0 Å². The van der Waals surface area contributed by atoms with Crippen molar-refractivity contribution in [3.63, 3.8) is 0 Å². The summed E-state index contributed by atoms with van der Waals surface area (Å²) in [4.78, 5) is 30.7. The van der Waals surface area contributed by atoms with E-state index in [2.05, 4.69) is 5.32 Å². The molecule has 0 aliphatic heterocycles. The van der Waals surface area contributed by atoms with E-state index in [0.717, 1.165) is 14.8 Å². The van der Waals surface area contributed by atoms with Crippen molar-refractivity contribution in [2.75, 3.05) is 23.7 Å². The Hall–Kier alpha value is -4.35. The topological polar surface area (TPSA) is 96.0 Å². The van der Waals surface area contributed by atoms with Crippen molar-refractivity contribution in [1.82, 2.24) is 10.2 Å². The molecule has 2 amide bonds. The first-order chi connectivity index (χ1) is 23.1. The minimum Gasteiger partial charge on any atom is -0.494 e. The van der Waals surface area contributed by atoms with Crippen LogP contribution in [-0.2, 0) is 32.6 Å². The van der Waals surface area contributed by atoms with Crippen molar-refractivity contribution in [1.29, 1.82) is 0 Å². The van der Waals surface area contributed by atoms with E-state index in [1.165, 1.54) is 34.9 Å². The SMILES string of the molecule is CCOc1ccc(N(CC(=O)N(Cc2ccccc2F)C(Cc2ccccc2)C(=O)NC(C)CC)S(=O)(=O)c2ccc(SC)cc2)cc1. The summed E-state index contributed by atoms with van der Waals surface area (Å²) in [7, 11) is -4.28. The molecule has 254 valence electrons. The summed E-state index contributed by atoms with van der Waals surface area (Å²) in [6.07, 6.45) is 2.68. The van der Waals surface area contributed by atoms with Gasteiger partial charge >= 0.3 is 0 Å². The number of nitrogens with zero attached hydrogens (tertiary/aromatic N) is 2. The van der Waals surface area contributed by atoms with Crippen LogP contribution in [0, 0.1) is 5.82 Å². The molecule has 2 unspecified atom stereocenters. The minimum atomic E-state index is -4.28. The van der Waals surface area contributed by atoms with Gasteiger partial charge in [-0.25, -0.2) is 12.8 Å². The molecule has 0 aliphatic rings. The van der Waals surface area contributed by atoms with E-state index in [9.17, 15) is 18.0 Å². The molecule has 4 rings (SSSR count). The Morgan fingerprint density at radius 2 is 1.54 bits per heavy atom. The molecular formula is C37H42FN3O5S2.